The third-order valence-corrected chi connectivity index (χ3v) is 4.12. The lowest BCUT2D eigenvalue weighted by molar-refractivity contribution is 0.743. The average Bonchev–Trinajstić information content (AvgIpc) is 2.60. The third-order valence-electron chi connectivity index (χ3n) is 3.42. The van der Waals surface area contributed by atoms with Crippen LogP contribution in [0.5, 0.6) is 0 Å². The zero-order valence-electron chi connectivity index (χ0n) is 10.4. The average molecular weight is 254 g/mol. The minimum Gasteiger partial charge on any atom is -0.288 e. The first-order valence-electron chi connectivity index (χ1n) is 5.97. The molecular formula is C15H14N2S. The number of anilines is 2. The van der Waals surface area contributed by atoms with Crippen molar-refractivity contribution in [3.05, 3.63) is 54.2 Å². The van der Waals surface area contributed by atoms with Crippen molar-refractivity contribution in [2.24, 2.45) is 0 Å². The van der Waals surface area contributed by atoms with Crippen LogP contribution in [0.2, 0.25) is 0 Å². The summed E-state index contributed by atoms with van der Waals surface area (Å²) in [6.45, 7) is 4.30. The van der Waals surface area contributed by atoms with E-state index in [0.29, 0.717) is 0 Å². The number of benzene rings is 1. The number of thiocarbonyl (C=S) groups is 1. The second-order valence-electron chi connectivity index (χ2n) is 4.98. The van der Waals surface area contributed by atoms with Gasteiger partial charge in [0.25, 0.3) is 0 Å². The molecule has 2 nitrogen and oxygen atoms in total. The number of hydrogen-bond acceptors (Lipinski definition) is 2. The Morgan fingerprint density at radius 2 is 1.78 bits per heavy atom. The third kappa shape index (κ3) is 1.47. The fraction of sp³-hybridized carbons (Fsp3) is 0.200. The summed E-state index contributed by atoms with van der Waals surface area (Å²) in [6, 6.07) is 14.2. The molecule has 0 unspecified atom stereocenters. The Morgan fingerprint density at radius 1 is 1.06 bits per heavy atom. The Labute approximate surface area is 112 Å². The highest BCUT2D eigenvalue weighted by Gasteiger charge is 2.41. The van der Waals surface area contributed by atoms with Crippen molar-refractivity contribution in [1.29, 1.82) is 0 Å². The largest absolute Gasteiger partial charge is 0.288 e. The van der Waals surface area contributed by atoms with Crippen molar-refractivity contribution in [2.75, 3.05) is 4.90 Å². The molecule has 3 rings (SSSR count). The first kappa shape index (κ1) is 11.4. The molecule has 90 valence electrons. The molecule has 0 saturated carbocycles. The summed E-state index contributed by atoms with van der Waals surface area (Å²) in [7, 11) is 0. The van der Waals surface area contributed by atoms with Gasteiger partial charge in [-0.1, -0.05) is 36.5 Å². The topological polar surface area (TPSA) is 16.1 Å². The lowest BCUT2D eigenvalue weighted by Crippen LogP contribution is -2.31. The van der Waals surface area contributed by atoms with Gasteiger partial charge in [-0.3, -0.25) is 4.90 Å². The van der Waals surface area contributed by atoms with Crippen LogP contribution in [-0.4, -0.2) is 9.97 Å². The van der Waals surface area contributed by atoms with E-state index < -0.39 is 0 Å². The summed E-state index contributed by atoms with van der Waals surface area (Å²) >= 11 is 5.65. The van der Waals surface area contributed by atoms with Gasteiger partial charge in [0, 0.05) is 22.9 Å². The molecule has 0 amide bonds. The maximum atomic E-state index is 5.65. The highest BCUT2D eigenvalue weighted by Crippen LogP contribution is 2.44. The van der Waals surface area contributed by atoms with E-state index in [9.17, 15) is 0 Å². The Kier molecular flexibility index (Phi) is 2.45. The number of fused-ring (bicyclic) bond motifs is 1. The molecule has 0 aliphatic carbocycles. The van der Waals surface area contributed by atoms with Gasteiger partial charge in [0.2, 0.25) is 0 Å². The molecule has 0 fully saturated rings. The van der Waals surface area contributed by atoms with Crippen LogP contribution in [0.25, 0.3) is 0 Å². The van der Waals surface area contributed by atoms with Gasteiger partial charge in [-0.05, 0) is 32.0 Å². The van der Waals surface area contributed by atoms with Crippen LogP contribution >= 0.6 is 12.2 Å². The van der Waals surface area contributed by atoms with E-state index in [1.165, 1.54) is 5.56 Å². The van der Waals surface area contributed by atoms with Crippen LogP contribution in [0.4, 0.5) is 11.5 Å². The molecule has 0 atom stereocenters. The molecule has 0 spiro atoms. The van der Waals surface area contributed by atoms with E-state index in [1.54, 1.807) is 0 Å². The molecular weight excluding hydrogens is 240 g/mol. The second kappa shape index (κ2) is 3.89. The van der Waals surface area contributed by atoms with Crippen LogP contribution < -0.4 is 4.90 Å². The number of aromatic nitrogens is 1. The van der Waals surface area contributed by atoms with Crippen LogP contribution in [0.15, 0.2) is 48.7 Å². The zero-order valence-corrected chi connectivity index (χ0v) is 11.2. The molecule has 0 bridgehead atoms. The first-order valence-corrected chi connectivity index (χ1v) is 6.38. The second-order valence-corrected chi connectivity index (χ2v) is 5.36. The Bertz CT molecular complexity index is 605. The predicted molar refractivity (Wildman–Crippen MR) is 78.4 cm³/mol. The molecule has 1 aromatic carbocycles. The lowest BCUT2D eigenvalue weighted by atomic mass is 9.88. The van der Waals surface area contributed by atoms with Gasteiger partial charge in [0.1, 0.15) is 5.82 Å². The quantitative estimate of drug-likeness (QED) is 0.719. The lowest BCUT2D eigenvalue weighted by Gasteiger charge is -2.23. The Balaban J connectivity index is 2.21. The number of para-hydroxylation sites is 1. The molecule has 18 heavy (non-hydrogen) atoms. The summed E-state index contributed by atoms with van der Waals surface area (Å²) in [5.74, 6) is 0.957. The van der Waals surface area contributed by atoms with Crippen molar-refractivity contribution in [2.45, 2.75) is 19.3 Å². The van der Waals surface area contributed by atoms with E-state index in [2.05, 4.69) is 41.9 Å². The SMILES string of the molecule is CC1(C)C(=S)N(c2ccccc2)c2ncccc21. The molecule has 0 radical (unpaired) electrons. The molecule has 1 aliphatic rings. The normalized spacial score (nSPS) is 16.8. The van der Waals surface area contributed by atoms with E-state index in [4.69, 9.17) is 12.2 Å². The van der Waals surface area contributed by atoms with Crippen molar-refractivity contribution in [3.63, 3.8) is 0 Å². The number of pyridine rings is 1. The number of hydrogen-bond donors (Lipinski definition) is 0. The Morgan fingerprint density at radius 3 is 2.50 bits per heavy atom. The van der Waals surface area contributed by atoms with Crippen molar-refractivity contribution in [1.82, 2.24) is 4.98 Å². The highest BCUT2D eigenvalue weighted by molar-refractivity contribution is 7.80. The fourth-order valence-electron chi connectivity index (χ4n) is 2.37. The summed E-state index contributed by atoms with van der Waals surface area (Å²) in [4.78, 5) is 7.48. The minimum absolute atomic E-state index is 0.144. The van der Waals surface area contributed by atoms with E-state index in [1.807, 2.05) is 30.5 Å². The standard InChI is InChI=1S/C15H14N2S/c1-15(2)12-9-6-10-16-13(12)17(14(15)18)11-7-4-3-5-8-11/h3-10H,1-2H3. The van der Waals surface area contributed by atoms with Crippen LogP contribution in [0.1, 0.15) is 19.4 Å². The monoisotopic (exact) mass is 254 g/mol. The van der Waals surface area contributed by atoms with Crippen LogP contribution in [-0.2, 0) is 5.41 Å². The van der Waals surface area contributed by atoms with Gasteiger partial charge >= 0.3 is 0 Å². The summed E-state index contributed by atoms with van der Waals surface area (Å²) in [5, 5.41) is 0. The first-order chi connectivity index (χ1) is 8.62. The highest BCUT2D eigenvalue weighted by atomic mass is 32.1. The summed E-state index contributed by atoms with van der Waals surface area (Å²) < 4.78 is 0. The number of nitrogens with zero attached hydrogens (tertiary/aromatic N) is 2. The summed E-state index contributed by atoms with van der Waals surface area (Å²) in [5.41, 5.74) is 2.13. The van der Waals surface area contributed by atoms with Crippen LogP contribution in [0.3, 0.4) is 0 Å². The van der Waals surface area contributed by atoms with Crippen molar-refractivity contribution < 1.29 is 0 Å². The van der Waals surface area contributed by atoms with Gasteiger partial charge < -0.3 is 0 Å². The maximum Gasteiger partial charge on any atom is 0.142 e. The molecule has 0 N–H and O–H groups in total. The fourth-order valence-corrected chi connectivity index (χ4v) is 2.67. The van der Waals surface area contributed by atoms with Gasteiger partial charge in [0.15, 0.2) is 0 Å². The molecule has 2 heterocycles. The zero-order chi connectivity index (χ0) is 12.8. The number of rotatable bonds is 1. The molecule has 1 aromatic heterocycles. The van der Waals surface area contributed by atoms with E-state index in [-0.39, 0.29) is 5.41 Å². The minimum atomic E-state index is -0.144. The molecule has 3 heteroatoms. The molecule has 0 saturated heterocycles. The maximum absolute atomic E-state index is 5.65. The summed E-state index contributed by atoms with van der Waals surface area (Å²) in [6.07, 6.45) is 1.82. The van der Waals surface area contributed by atoms with Gasteiger partial charge in [-0.25, -0.2) is 4.98 Å². The van der Waals surface area contributed by atoms with Crippen molar-refractivity contribution in [3.8, 4) is 0 Å². The van der Waals surface area contributed by atoms with Gasteiger partial charge in [-0.15, -0.1) is 0 Å². The Hall–Kier alpha value is -1.74. The predicted octanol–water partition coefficient (Wildman–Crippen LogP) is 3.84. The van der Waals surface area contributed by atoms with E-state index >= 15 is 0 Å². The molecule has 2 aromatic rings. The van der Waals surface area contributed by atoms with Gasteiger partial charge in [0.05, 0.1) is 4.99 Å². The smallest absolute Gasteiger partial charge is 0.142 e. The molecule has 1 aliphatic heterocycles. The van der Waals surface area contributed by atoms with Crippen LogP contribution in [0, 0.1) is 0 Å². The van der Waals surface area contributed by atoms with Gasteiger partial charge in [-0.2, -0.15) is 0 Å². The van der Waals surface area contributed by atoms with Crippen molar-refractivity contribution >= 4 is 28.7 Å². The van der Waals surface area contributed by atoms with E-state index in [0.717, 1.165) is 16.5 Å².